The molecule has 0 amide bonds. The molecule has 0 aromatic carbocycles. The Labute approximate surface area is 111 Å². The molecule has 0 aliphatic rings. The third kappa shape index (κ3) is 1.38. The van der Waals surface area contributed by atoms with Gasteiger partial charge in [0.1, 0.15) is 0 Å². The van der Waals surface area contributed by atoms with Crippen molar-refractivity contribution in [3.63, 3.8) is 0 Å². The van der Waals surface area contributed by atoms with Crippen LogP contribution in [0.25, 0.3) is 31.7 Å². The maximum absolute atomic E-state index is 4.36. The molecule has 0 spiro atoms. The van der Waals surface area contributed by atoms with Crippen LogP contribution in [0, 0.1) is 6.33 Å². The summed E-state index contributed by atoms with van der Waals surface area (Å²) in [5.41, 5.74) is 4.03. The molecule has 0 saturated carbocycles. The molecule has 4 heterocycles. The second-order valence-corrected chi connectivity index (χ2v) is 5.63. The minimum atomic E-state index is 0.949. The zero-order valence-electron chi connectivity index (χ0n) is 9.12. The van der Waals surface area contributed by atoms with Crippen molar-refractivity contribution < 1.29 is 0 Å². The molecule has 0 N–H and O–H groups in total. The monoisotopic (exact) mass is 268 g/mol. The van der Waals surface area contributed by atoms with Crippen LogP contribution in [0.1, 0.15) is 0 Å². The number of hydrogen-bond donors (Lipinski definition) is 0. The predicted octanol–water partition coefficient (Wildman–Crippen LogP) is 3.77. The van der Waals surface area contributed by atoms with Crippen LogP contribution >= 0.6 is 22.7 Å². The number of aromatic nitrogens is 3. The van der Waals surface area contributed by atoms with Crippen LogP contribution in [0.5, 0.6) is 0 Å². The summed E-state index contributed by atoms with van der Waals surface area (Å²) in [5, 5.41) is 4.08. The van der Waals surface area contributed by atoms with Crippen molar-refractivity contribution in [1.29, 1.82) is 0 Å². The standard InChI is InChI=1S/C13H6N3S2/c1-4-14-9-2-5-17-12(9)8(1)11-13-10(3-6-18-13)15-7-16-11/h1-6H. The van der Waals surface area contributed by atoms with E-state index in [1.54, 1.807) is 22.7 Å². The van der Waals surface area contributed by atoms with Gasteiger partial charge in [-0.05, 0) is 29.0 Å². The Morgan fingerprint density at radius 1 is 0.889 bits per heavy atom. The van der Waals surface area contributed by atoms with E-state index in [4.69, 9.17) is 0 Å². The number of pyridine rings is 1. The highest BCUT2D eigenvalue weighted by Crippen LogP contribution is 2.35. The first-order chi connectivity index (χ1) is 8.93. The molecule has 18 heavy (non-hydrogen) atoms. The van der Waals surface area contributed by atoms with E-state index in [1.165, 1.54) is 4.70 Å². The summed E-state index contributed by atoms with van der Waals surface area (Å²) in [6, 6.07) is 6.03. The maximum atomic E-state index is 4.36. The van der Waals surface area contributed by atoms with Gasteiger partial charge in [-0.25, -0.2) is 9.97 Å². The van der Waals surface area contributed by atoms with Gasteiger partial charge in [-0.1, -0.05) is 0 Å². The minimum Gasteiger partial charge on any atom is -0.255 e. The molecule has 3 nitrogen and oxygen atoms in total. The van der Waals surface area contributed by atoms with E-state index in [1.807, 2.05) is 29.8 Å². The minimum absolute atomic E-state index is 0.949. The third-order valence-corrected chi connectivity index (χ3v) is 4.64. The highest BCUT2D eigenvalue weighted by Gasteiger charge is 2.11. The molecule has 0 bridgehead atoms. The average Bonchev–Trinajstić information content (AvgIpc) is 3.06. The van der Waals surface area contributed by atoms with Crippen molar-refractivity contribution in [3.8, 4) is 11.3 Å². The summed E-state index contributed by atoms with van der Waals surface area (Å²) in [6.45, 7) is 0. The van der Waals surface area contributed by atoms with Gasteiger partial charge in [0.2, 0.25) is 0 Å². The first kappa shape index (κ1) is 10.1. The second-order valence-electron chi connectivity index (χ2n) is 3.80. The average molecular weight is 268 g/mol. The first-order valence-corrected chi connectivity index (χ1v) is 7.13. The number of hydrogen-bond acceptors (Lipinski definition) is 5. The molecular weight excluding hydrogens is 262 g/mol. The van der Waals surface area contributed by atoms with Crippen LogP contribution in [0.4, 0.5) is 0 Å². The Morgan fingerprint density at radius 2 is 1.72 bits per heavy atom. The number of fused-ring (bicyclic) bond motifs is 2. The van der Waals surface area contributed by atoms with Gasteiger partial charge in [-0.15, -0.1) is 22.7 Å². The maximum Gasteiger partial charge on any atom is 0.199 e. The zero-order chi connectivity index (χ0) is 11.9. The molecule has 0 atom stereocenters. The van der Waals surface area contributed by atoms with Crippen molar-refractivity contribution in [2.75, 3.05) is 0 Å². The van der Waals surface area contributed by atoms with E-state index >= 15 is 0 Å². The molecule has 0 unspecified atom stereocenters. The summed E-state index contributed by atoms with van der Waals surface area (Å²) in [5.74, 6) is 0. The normalized spacial score (nSPS) is 11.3. The largest absolute Gasteiger partial charge is 0.255 e. The Morgan fingerprint density at radius 3 is 2.67 bits per heavy atom. The van der Waals surface area contributed by atoms with E-state index in [9.17, 15) is 0 Å². The van der Waals surface area contributed by atoms with E-state index in [0.29, 0.717) is 0 Å². The fourth-order valence-corrected chi connectivity index (χ4v) is 3.69. The van der Waals surface area contributed by atoms with Crippen LogP contribution in [0.3, 0.4) is 0 Å². The van der Waals surface area contributed by atoms with Gasteiger partial charge in [0.25, 0.3) is 0 Å². The van der Waals surface area contributed by atoms with Crippen LogP contribution in [-0.2, 0) is 0 Å². The van der Waals surface area contributed by atoms with Gasteiger partial charge in [0.15, 0.2) is 6.33 Å². The van der Waals surface area contributed by atoms with Crippen LogP contribution in [0.2, 0.25) is 0 Å². The molecule has 1 radical (unpaired) electrons. The molecular formula is C13H6N3S2. The SMILES string of the molecule is [c]1nc(-c2ccnc3ccsc23)c2sccc2n1. The molecule has 5 heteroatoms. The highest BCUT2D eigenvalue weighted by molar-refractivity contribution is 7.18. The van der Waals surface area contributed by atoms with Gasteiger partial charge in [0, 0.05) is 11.8 Å². The molecule has 85 valence electrons. The lowest BCUT2D eigenvalue weighted by atomic mass is 10.1. The Bertz CT molecular complexity index is 775. The summed E-state index contributed by atoms with van der Waals surface area (Å²) in [4.78, 5) is 12.8. The smallest absolute Gasteiger partial charge is 0.199 e. The lowest BCUT2D eigenvalue weighted by Gasteiger charge is -2.02. The van der Waals surface area contributed by atoms with Gasteiger partial charge in [0.05, 0.1) is 26.1 Å². The molecule has 4 rings (SSSR count). The number of rotatable bonds is 1. The lowest BCUT2D eigenvalue weighted by Crippen LogP contribution is -1.87. The van der Waals surface area contributed by atoms with Crippen molar-refractivity contribution in [2.24, 2.45) is 0 Å². The fraction of sp³-hybridized carbons (Fsp3) is 0. The molecule has 0 aliphatic carbocycles. The topological polar surface area (TPSA) is 38.7 Å². The first-order valence-electron chi connectivity index (χ1n) is 5.37. The van der Waals surface area contributed by atoms with Gasteiger partial charge < -0.3 is 0 Å². The number of nitrogens with zero attached hydrogens (tertiary/aromatic N) is 3. The van der Waals surface area contributed by atoms with E-state index in [0.717, 1.165) is 27.0 Å². The van der Waals surface area contributed by atoms with Crippen molar-refractivity contribution in [3.05, 3.63) is 41.5 Å². The Hall–Kier alpha value is -1.85. The predicted molar refractivity (Wildman–Crippen MR) is 74.9 cm³/mol. The Balaban J connectivity index is 2.13. The molecule has 4 aromatic heterocycles. The van der Waals surface area contributed by atoms with Gasteiger partial charge in [-0.2, -0.15) is 0 Å². The van der Waals surface area contributed by atoms with Crippen molar-refractivity contribution in [1.82, 2.24) is 15.0 Å². The lowest BCUT2D eigenvalue weighted by molar-refractivity contribution is 1.21. The van der Waals surface area contributed by atoms with Crippen LogP contribution in [0.15, 0.2) is 35.2 Å². The molecule has 4 aromatic rings. The highest BCUT2D eigenvalue weighted by atomic mass is 32.1. The molecule has 0 aliphatic heterocycles. The fourth-order valence-electron chi connectivity index (χ4n) is 1.99. The summed E-state index contributed by atoms with van der Waals surface area (Å²) in [7, 11) is 0. The molecule has 0 fully saturated rings. The van der Waals surface area contributed by atoms with E-state index in [-0.39, 0.29) is 0 Å². The second kappa shape index (κ2) is 3.83. The van der Waals surface area contributed by atoms with Crippen LogP contribution in [-0.4, -0.2) is 15.0 Å². The summed E-state index contributed by atoms with van der Waals surface area (Å²) >= 11 is 3.35. The molecule has 0 saturated heterocycles. The van der Waals surface area contributed by atoms with E-state index in [2.05, 4.69) is 26.7 Å². The van der Waals surface area contributed by atoms with Crippen LogP contribution < -0.4 is 0 Å². The third-order valence-electron chi connectivity index (χ3n) is 2.79. The number of thiophene rings is 2. The van der Waals surface area contributed by atoms with Gasteiger partial charge >= 0.3 is 0 Å². The van der Waals surface area contributed by atoms with E-state index < -0.39 is 0 Å². The van der Waals surface area contributed by atoms with Gasteiger partial charge in [-0.3, -0.25) is 4.98 Å². The quantitative estimate of drug-likeness (QED) is 0.527. The summed E-state index contributed by atoms with van der Waals surface area (Å²) in [6.07, 6.45) is 4.56. The Kier molecular flexibility index (Phi) is 2.15. The van der Waals surface area contributed by atoms with Crippen molar-refractivity contribution in [2.45, 2.75) is 0 Å². The zero-order valence-corrected chi connectivity index (χ0v) is 10.8. The summed E-state index contributed by atoms with van der Waals surface area (Å²) < 4.78 is 2.27. The van der Waals surface area contributed by atoms with Crippen molar-refractivity contribution >= 4 is 43.1 Å².